The Morgan fingerprint density at radius 1 is 1.07 bits per heavy atom. The van der Waals surface area contributed by atoms with Gasteiger partial charge in [0.05, 0.1) is 23.1 Å². The van der Waals surface area contributed by atoms with E-state index in [0.29, 0.717) is 16.3 Å². The fourth-order valence-electron chi connectivity index (χ4n) is 5.12. The summed E-state index contributed by atoms with van der Waals surface area (Å²) < 4.78 is 5.33. The molecule has 2 aromatic rings. The van der Waals surface area contributed by atoms with Gasteiger partial charge in [-0.25, -0.2) is 4.79 Å². The molecule has 2 amide bonds. The summed E-state index contributed by atoms with van der Waals surface area (Å²) in [5.41, 5.74) is 2.80. The molecule has 0 radical (unpaired) electrons. The Bertz CT molecular complexity index is 1090. The van der Waals surface area contributed by atoms with Crippen LogP contribution in [0, 0.1) is 23.7 Å². The number of carbonyl (C=O) groups excluding carboxylic acids is 3. The first-order chi connectivity index (χ1) is 14.5. The van der Waals surface area contributed by atoms with Crippen LogP contribution in [0.3, 0.4) is 0 Å². The lowest BCUT2D eigenvalue weighted by Gasteiger charge is -2.19. The second kappa shape index (κ2) is 7.10. The Hall–Kier alpha value is -2.92. The monoisotopic (exact) mass is 421 g/mol. The maximum atomic E-state index is 13.0. The summed E-state index contributed by atoms with van der Waals surface area (Å²) in [5, 5.41) is 0.538. The molecule has 5 nitrogen and oxygen atoms in total. The number of hydrogen-bond acceptors (Lipinski definition) is 4. The fraction of sp³-hybridized carbons (Fsp3) is 0.292. The summed E-state index contributed by atoms with van der Waals surface area (Å²) in [4.78, 5) is 39.6. The molecule has 0 spiro atoms. The van der Waals surface area contributed by atoms with E-state index in [-0.39, 0.29) is 42.1 Å². The minimum atomic E-state index is -0.490. The topological polar surface area (TPSA) is 63.7 Å². The summed E-state index contributed by atoms with van der Waals surface area (Å²) >= 11 is 6.08. The van der Waals surface area contributed by atoms with Gasteiger partial charge in [0.1, 0.15) is 6.61 Å². The number of amides is 2. The third-order valence-electron chi connectivity index (χ3n) is 6.56. The number of allylic oxidation sites excluding steroid dienone is 2. The zero-order valence-electron chi connectivity index (χ0n) is 16.4. The Morgan fingerprint density at radius 3 is 2.50 bits per heavy atom. The molecule has 2 aliphatic carbocycles. The highest BCUT2D eigenvalue weighted by molar-refractivity contribution is 6.31. The van der Waals surface area contributed by atoms with Crippen LogP contribution in [0.1, 0.15) is 29.3 Å². The maximum absolute atomic E-state index is 13.0. The molecule has 2 bridgehead atoms. The van der Waals surface area contributed by atoms with Gasteiger partial charge >= 0.3 is 5.97 Å². The van der Waals surface area contributed by atoms with Crippen molar-refractivity contribution in [3.8, 4) is 0 Å². The van der Waals surface area contributed by atoms with Gasteiger partial charge < -0.3 is 4.74 Å². The predicted octanol–water partition coefficient (Wildman–Crippen LogP) is 4.40. The summed E-state index contributed by atoms with van der Waals surface area (Å²) in [7, 11) is 0. The highest BCUT2D eigenvalue weighted by atomic mass is 35.5. The van der Waals surface area contributed by atoms with E-state index in [2.05, 4.69) is 6.08 Å². The van der Waals surface area contributed by atoms with Crippen LogP contribution in [0.5, 0.6) is 0 Å². The van der Waals surface area contributed by atoms with E-state index in [1.165, 1.54) is 10.5 Å². The van der Waals surface area contributed by atoms with Crippen LogP contribution in [-0.4, -0.2) is 17.8 Å². The standard InChI is InChI=1S/C24H20ClNO4/c1-13-10-16-11-18(13)21-20(16)22(27)26(23(21)28)17-8-6-14(7-9-17)24(29)30-12-15-4-2-3-5-19(15)25/h2-10,16,18,20-21H,11-12H2,1H3/t16-,18-,20-,21-/m1/s1. The molecule has 30 heavy (non-hydrogen) atoms. The van der Waals surface area contributed by atoms with Crippen LogP contribution < -0.4 is 4.90 Å². The molecular formula is C24H20ClNO4. The number of fused-ring (bicyclic) bond motifs is 5. The number of imide groups is 1. The van der Waals surface area contributed by atoms with Crippen LogP contribution in [0.25, 0.3) is 0 Å². The first-order valence-electron chi connectivity index (χ1n) is 10.0. The Morgan fingerprint density at radius 2 is 1.77 bits per heavy atom. The Kier molecular flexibility index (Phi) is 4.51. The Balaban J connectivity index is 1.30. The van der Waals surface area contributed by atoms with Crippen molar-refractivity contribution in [1.82, 2.24) is 0 Å². The molecule has 4 atom stereocenters. The molecule has 2 fully saturated rings. The molecule has 1 saturated carbocycles. The molecule has 0 aromatic heterocycles. The van der Waals surface area contributed by atoms with Gasteiger partial charge in [-0.2, -0.15) is 0 Å². The van der Waals surface area contributed by atoms with Crippen LogP contribution in [0.15, 0.2) is 60.2 Å². The quantitative estimate of drug-likeness (QED) is 0.417. The summed E-state index contributed by atoms with van der Waals surface area (Å²) in [6, 6.07) is 13.6. The average Bonchev–Trinajstić information content (AvgIpc) is 3.38. The van der Waals surface area contributed by atoms with E-state index >= 15 is 0 Å². The molecular weight excluding hydrogens is 402 g/mol. The first-order valence-corrected chi connectivity index (χ1v) is 10.4. The van der Waals surface area contributed by atoms with E-state index in [1.807, 2.05) is 19.1 Å². The highest BCUT2D eigenvalue weighted by Crippen LogP contribution is 2.55. The first kappa shape index (κ1) is 19.1. The summed E-state index contributed by atoms with van der Waals surface area (Å²) in [6.07, 6.45) is 3.06. The van der Waals surface area contributed by atoms with Crippen LogP contribution >= 0.6 is 11.6 Å². The number of esters is 1. The molecule has 1 saturated heterocycles. The number of anilines is 1. The van der Waals surface area contributed by atoms with Gasteiger partial charge in [0, 0.05) is 10.6 Å². The minimum absolute atomic E-state index is 0.0713. The number of rotatable bonds is 4. The van der Waals surface area contributed by atoms with Gasteiger partial charge in [0.15, 0.2) is 0 Å². The van der Waals surface area contributed by atoms with Crippen LogP contribution in [-0.2, 0) is 20.9 Å². The normalized spacial score (nSPS) is 26.7. The molecule has 2 aromatic carbocycles. The lowest BCUT2D eigenvalue weighted by Crippen LogP contribution is -2.32. The number of benzene rings is 2. The second-order valence-corrected chi connectivity index (χ2v) is 8.60. The molecule has 6 heteroatoms. The van der Waals surface area contributed by atoms with Crippen molar-refractivity contribution >= 4 is 35.1 Å². The molecule has 1 heterocycles. The smallest absolute Gasteiger partial charge is 0.338 e. The van der Waals surface area contributed by atoms with Crippen LogP contribution in [0.4, 0.5) is 5.69 Å². The average molecular weight is 422 g/mol. The number of ether oxygens (including phenoxy) is 1. The lowest BCUT2D eigenvalue weighted by molar-refractivity contribution is -0.123. The lowest BCUT2D eigenvalue weighted by atomic mass is 9.82. The second-order valence-electron chi connectivity index (χ2n) is 8.19. The van der Waals surface area contributed by atoms with Crippen molar-refractivity contribution in [2.24, 2.45) is 23.7 Å². The third kappa shape index (κ3) is 2.88. The number of nitrogens with zero attached hydrogens (tertiary/aromatic N) is 1. The van der Waals surface area contributed by atoms with Crippen molar-refractivity contribution in [3.63, 3.8) is 0 Å². The third-order valence-corrected chi connectivity index (χ3v) is 6.93. The van der Waals surface area contributed by atoms with Gasteiger partial charge in [-0.05, 0) is 55.5 Å². The zero-order valence-corrected chi connectivity index (χ0v) is 17.1. The van der Waals surface area contributed by atoms with E-state index in [9.17, 15) is 14.4 Å². The number of halogens is 1. The van der Waals surface area contributed by atoms with Gasteiger partial charge in [-0.1, -0.05) is 41.4 Å². The molecule has 3 aliphatic rings. The van der Waals surface area contributed by atoms with E-state index < -0.39 is 5.97 Å². The van der Waals surface area contributed by atoms with Crippen LogP contribution in [0.2, 0.25) is 5.02 Å². The molecule has 0 N–H and O–H groups in total. The van der Waals surface area contributed by atoms with Crippen molar-refractivity contribution in [2.45, 2.75) is 20.0 Å². The van der Waals surface area contributed by atoms with Crippen molar-refractivity contribution in [2.75, 3.05) is 4.90 Å². The molecule has 5 rings (SSSR count). The van der Waals surface area contributed by atoms with Gasteiger partial charge in [-0.3, -0.25) is 14.5 Å². The Labute approximate surface area is 179 Å². The SMILES string of the molecule is CC1=C[C@@H]2C[C@H]1[C@H]1C(=O)N(c3ccc(C(=O)OCc4ccccc4Cl)cc3)C(=O)[C@@H]12. The van der Waals surface area contributed by atoms with E-state index in [1.54, 1.807) is 36.4 Å². The zero-order chi connectivity index (χ0) is 21.0. The molecule has 0 unspecified atom stereocenters. The number of hydrogen-bond donors (Lipinski definition) is 0. The summed E-state index contributed by atoms with van der Waals surface area (Å²) in [6.45, 7) is 2.12. The largest absolute Gasteiger partial charge is 0.457 e. The van der Waals surface area contributed by atoms with Crippen molar-refractivity contribution in [1.29, 1.82) is 0 Å². The molecule has 1 aliphatic heterocycles. The fourth-order valence-corrected chi connectivity index (χ4v) is 5.31. The van der Waals surface area contributed by atoms with Gasteiger partial charge in [0.2, 0.25) is 11.8 Å². The summed E-state index contributed by atoms with van der Waals surface area (Å²) in [5.74, 6) is -0.884. The molecule has 152 valence electrons. The highest BCUT2D eigenvalue weighted by Gasteiger charge is 2.60. The van der Waals surface area contributed by atoms with E-state index in [4.69, 9.17) is 16.3 Å². The van der Waals surface area contributed by atoms with Gasteiger partial charge in [0.25, 0.3) is 0 Å². The number of carbonyl (C=O) groups is 3. The van der Waals surface area contributed by atoms with E-state index in [0.717, 1.165) is 12.0 Å². The maximum Gasteiger partial charge on any atom is 0.338 e. The van der Waals surface area contributed by atoms with Crippen molar-refractivity contribution in [3.05, 3.63) is 76.3 Å². The minimum Gasteiger partial charge on any atom is -0.457 e. The predicted molar refractivity (Wildman–Crippen MR) is 112 cm³/mol. The van der Waals surface area contributed by atoms with Crippen molar-refractivity contribution < 1.29 is 19.1 Å². The van der Waals surface area contributed by atoms with Gasteiger partial charge in [-0.15, -0.1) is 0 Å².